The van der Waals surface area contributed by atoms with Crippen LogP contribution >= 0.6 is 11.6 Å². The van der Waals surface area contributed by atoms with Crippen molar-refractivity contribution >= 4 is 27.5 Å². The third-order valence-corrected chi connectivity index (χ3v) is 5.13. The zero-order valence-electron chi connectivity index (χ0n) is 10.5. The van der Waals surface area contributed by atoms with Gasteiger partial charge in [0.25, 0.3) is 0 Å². The molecule has 0 unspecified atom stereocenters. The van der Waals surface area contributed by atoms with Crippen molar-refractivity contribution in [3.63, 3.8) is 0 Å². The lowest BCUT2D eigenvalue weighted by Crippen LogP contribution is -2.50. The zero-order valence-corrected chi connectivity index (χ0v) is 12.1. The van der Waals surface area contributed by atoms with Crippen LogP contribution in [0.3, 0.4) is 0 Å². The molecule has 1 fully saturated rings. The van der Waals surface area contributed by atoms with Crippen molar-refractivity contribution in [2.45, 2.75) is 5.75 Å². The normalized spacial score (nSPS) is 17.8. The molecule has 2 rings (SSSR count). The first-order valence-electron chi connectivity index (χ1n) is 5.85. The van der Waals surface area contributed by atoms with Crippen LogP contribution in [0.25, 0.3) is 0 Å². The summed E-state index contributed by atoms with van der Waals surface area (Å²) in [4.78, 5) is 13.1. The molecule has 1 aliphatic rings. The Hall–Kier alpha value is -1.11. The number of amides is 1. The molecule has 19 heavy (non-hydrogen) atoms. The molecule has 0 aliphatic carbocycles. The number of piperazine rings is 1. The summed E-state index contributed by atoms with van der Waals surface area (Å²) in [7, 11) is -1.79. The van der Waals surface area contributed by atoms with Gasteiger partial charge in [-0.15, -0.1) is 0 Å². The fourth-order valence-electron chi connectivity index (χ4n) is 1.86. The molecule has 0 atom stereocenters. The molecule has 0 N–H and O–H groups in total. The van der Waals surface area contributed by atoms with Crippen LogP contribution in [0, 0.1) is 0 Å². The van der Waals surface area contributed by atoms with Crippen molar-refractivity contribution in [2.75, 3.05) is 26.7 Å². The lowest BCUT2D eigenvalue weighted by molar-refractivity contribution is -0.132. The van der Waals surface area contributed by atoms with Crippen molar-refractivity contribution < 1.29 is 13.2 Å². The van der Waals surface area contributed by atoms with Gasteiger partial charge in [0.05, 0.1) is 12.3 Å². The van der Waals surface area contributed by atoms with Crippen LogP contribution < -0.4 is 0 Å². The van der Waals surface area contributed by atoms with Crippen molar-refractivity contribution in [3.8, 4) is 0 Å². The maximum atomic E-state index is 12.2. The highest BCUT2D eigenvalue weighted by molar-refractivity contribution is 7.88. The highest BCUT2D eigenvalue weighted by Gasteiger charge is 2.30. The van der Waals surface area contributed by atoms with Crippen LogP contribution in [-0.2, 0) is 20.6 Å². The minimum Gasteiger partial charge on any atom is -0.343 e. The third kappa shape index (κ3) is 3.46. The van der Waals surface area contributed by atoms with Gasteiger partial charge in [0.2, 0.25) is 15.9 Å². The van der Waals surface area contributed by atoms with Crippen LogP contribution in [0.15, 0.2) is 24.3 Å². The first-order chi connectivity index (χ1) is 8.88. The van der Waals surface area contributed by atoms with Crippen LogP contribution in [-0.4, -0.2) is 50.2 Å². The fourth-order valence-corrected chi connectivity index (χ4v) is 3.45. The van der Waals surface area contributed by atoms with E-state index in [9.17, 15) is 13.2 Å². The van der Waals surface area contributed by atoms with E-state index < -0.39 is 10.0 Å². The van der Waals surface area contributed by atoms with E-state index >= 15 is 0 Å². The monoisotopic (exact) mass is 302 g/mol. The van der Waals surface area contributed by atoms with Gasteiger partial charge in [0.15, 0.2) is 0 Å². The molecule has 0 bridgehead atoms. The second kappa shape index (κ2) is 5.48. The summed E-state index contributed by atoms with van der Waals surface area (Å²) in [5.41, 5.74) is 0.663. The van der Waals surface area contributed by atoms with Crippen LogP contribution in [0.1, 0.15) is 5.56 Å². The van der Waals surface area contributed by atoms with Crippen molar-refractivity contribution in [3.05, 3.63) is 34.9 Å². The van der Waals surface area contributed by atoms with E-state index in [0.29, 0.717) is 23.7 Å². The van der Waals surface area contributed by atoms with E-state index in [1.807, 2.05) is 0 Å². The summed E-state index contributed by atoms with van der Waals surface area (Å²) in [6, 6.07) is 6.67. The average molecular weight is 303 g/mol. The zero-order chi connectivity index (χ0) is 14.0. The molecule has 0 radical (unpaired) electrons. The second-order valence-corrected chi connectivity index (χ2v) is 6.94. The van der Waals surface area contributed by atoms with Crippen LogP contribution in [0.4, 0.5) is 0 Å². The summed E-state index contributed by atoms with van der Waals surface area (Å²) in [5, 5.41) is 0.566. The van der Waals surface area contributed by atoms with Crippen LogP contribution in [0.5, 0.6) is 0 Å². The molecule has 0 spiro atoms. The van der Waals surface area contributed by atoms with Crippen molar-refractivity contribution in [2.24, 2.45) is 0 Å². The molecular weight excluding hydrogens is 288 g/mol. The maximum Gasteiger partial charge on any atom is 0.237 e. The summed E-state index contributed by atoms with van der Waals surface area (Å²) >= 11 is 5.76. The maximum absolute atomic E-state index is 12.2. The Labute approximate surface area is 117 Å². The molecular formula is C12H15ClN2O3S. The predicted molar refractivity (Wildman–Crippen MR) is 73.3 cm³/mol. The molecule has 1 aliphatic heterocycles. The third-order valence-electron chi connectivity index (χ3n) is 3.08. The summed E-state index contributed by atoms with van der Waals surface area (Å²) in [5.74, 6) is -0.285. The number of carbonyl (C=O) groups is 1. The lowest BCUT2D eigenvalue weighted by atomic mass is 10.2. The molecule has 0 saturated carbocycles. The summed E-state index contributed by atoms with van der Waals surface area (Å²) < 4.78 is 25.7. The smallest absolute Gasteiger partial charge is 0.237 e. The van der Waals surface area contributed by atoms with Crippen LogP contribution in [0.2, 0.25) is 5.02 Å². The van der Waals surface area contributed by atoms with Gasteiger partial charge in [-0.2, -0.15) is 4.31 Å². The van der Waals surface area contributed by atoms with E-state index in [0.717, 1.165) is 0 Å². The molecule has 1 heterocycles. The number of hydrogen-bond acceptors (Lipinski definition) is 3. The van der Waals surface area contributed by atoms with Gasteiger partial charge in [-0.3, -0.25) is 4.79 Å². The molecule has 1 saturated heterocycles. The largest absolute Gasteiger partial charge is 0.343 e. The SMILES string of the molecule is CN1CCN(S(=O)(=O)Cc2ccc(Cl)cc2)CC1=O. The lowest BCUT2D eigenvalue weighted by Gasteiger charge is -2.31. The average Bonchev–Trinajstić information content (AvgIpc) is 2.35. The Morgan fingerprint density at radius 3 is 2.42 bits per heavy atom. The number of benzene rings is 1. The first kappa shape index (κ1) is 14.3. The van der Waals surface area contributed by atoms with Crippen molar-refractivity contribution in [1.29, 1.82) is 0 Å². The Morgan fingerprint density at radius 2 is 1.84 bits per heavy atom. The molecule has 1 amide bonds. The number of nitrogens with zero attached hydrogens (tertiary/aromatic N) is 2. The van der Waals surface area contributed by atoms with E-state index in [2.05, 4.69) is 0 Å². The Balaban J connectivity index is 2.10. The van der Waals surface area contributed by atoms with Crippen molar-refractivity contribution in [1.82, 2.24) is 9.21 Å². The minimum atomic E-state index is -3.46. The fraction of sp³-hybridized carbons (Fsp3) is 0.417. The van der Waals surface area contributed by atoms with Gasteiger partial charge >= 0.3 is 0 Å². The molecule has 104 valence electrons. The Kier molecular flexibility index (Phi) is 4.13. The highest BCUT2D eigenvalue weighted by Crippen LogP contribution is 2.16. The van der Waals surface area contributed by atoms with E-state index in [1.165, 1.54) is 9.21 Å². The Morgan fingerprint density at radius 1 is 1.21 bits per heavy atom. The standard InChI is InChI=1S/C12H15ClN2O3S/c1-14-6-7-15(8-12(14)16)19(17,18)9-10-2-4-11(13)5-3-10/h2-5H,6-9H2,1H3. The number of likely N-dealkylation sites (N-methyl/N-ethyl adjacent to an activating group) is 1. The van der Waals surface area contributed by atoms with E-state index in [1.54, 1.807) is 31.3 Å². The topological polar surface area (TPSA) is 57.7 Å². The quantitative estimate of drug-likeness (QED) is 0.835. The van der Waals surface area contributed by atoms with Gasteiger partial charge in [0, 0.05) is 25.2 Å². The molecule has 5 nitrogen and oxygen atoms in total. The van der Waals surface area contributed by atoms with Gasteiger partial charge in [-0.1, -0.05) is 23.7 Å². The number of halogens is 1. The van der Waals surface area contributed by atoms with E-state index in [-0.39, 0.29) is 18.2 Å². The number of carbonyl (C=O) groups excluding carboxylic acids is 1. The molecule has 1 aromatic carbocycles. The van der Waals surface area contributed by atoms with Gasteiger partial charge in [-0.25, -0.2) is 8.42 Å². The Bertz CT molecular complexity index is 571. The summed E-state index contributed by atoms with van der Waals surface area (Å²) in [6.45, 7) is 0.698. The molecule has 7 heteroatoms. The first-order valence-corrected chi connectivity index (χ1v) is 7.83. The number of sulfonamides is 1. The number of hydrogen-bond donors (Lipinski definition) is 0. The number of rotatable bonds is 3. The van der Waals surface area contributed by atoms with Gasteiger partial charge in [0.1, 0.15) is 0 Å². The second-order valence-electron chi connectivity index (χ2n) is 4.53. The van der Waals surface area contributed by atoms with E-state index in [4.69, 9.17) is 11.6 Å². The predicted octanol–water partition coefficient (Wildman–Crippen LogP) is 0.944. The minimum absolute atomic E-state index is 0.0770. The van der Waals surface area contributed by atoms with Gasteiger partial charge < -0.3 is 4.90 Å². The molecule has 0 aromatic heterocycles. The molecule has 1 aromatic rings. The highest BCUT2D eigenvalue weighted by atomic mass is 35.5. The van der Waals surface area contributed by atoms with Gasteiger partial charge in [-0.05, 0) is 17.7 Å². The summed E-state index contributed by atoms with van der Waals surface area (Å²) in [6.07, 6.45) is 0.